The SMILES string of the molecule is COC(=O)[C@H](CNC(=O)C(=O)NCC1OCCc2ccccc21)NC(=O)c1ccc(Nc2nc(NC3(c4ccc(Cl)cc4)CC3)nc(OCC(F)(F)F)n2)cc1. The molecule has 2 aliphatic rings. The maximum Gasteiger partial charge on any atom is 0.422 e. The van der Waals surface area contributed by atoms with Crippen molar-refractivity contribution in [3.63, 3.8) is 0 Å². The fourth-order valence-electron chi connectivity index (χ4n) is 5.87. The summed E-state index contributed by atoms with van der Waals surface area (Å²) in [6, 6.07) is 18.5. The van der Waals surface area contributed by atoms with Gasteiger partial charge in [0.25, 0.3) is 5.91 Å². The molecule has 1 saturated carbocycles. The maximum atomic E-state index is 13.1. The standard InChI is InChI=1S/C37H36ClF3N8O7/c1-54-32(53)27(18-42-30(51)31(52)43-19-28-26-5-3-2-4-21(26)14-17-55-28)45-29(50)22-6-12-25(13-7-22)44-33-46-34(48-35(47-33)56-20-37(39,40)41)49-36(15-16-36)23-8-10-24(38)11-9-23/h2-13,27-28H,14-20H2,1H3,(H,42,51)(H,43,52)(H,45,50)(H2,44,46,47,48,49)/t27-,28?/m0/s1. The maximum absolute atomic E-state index is 13.1. The van der Waals surface area contributed by atoms with E-state index >= 15 is 0 Å². The van der Waals surface area contributed by atoms with Crippen LogP contribution in [0.25, 0.3) is 0 Å². The lowest BCUT2D eigenvalue weighted by Gasteiger charge is -2.26. The highest BCUT2D eigenvalue weighted by Gasteiger charge is 2.45. The Morgan fingerprint density at radius 2 is 1.62 bits per heavy atom. The molecule has 294 valence electrons. The van der Waals surface area contributed by atoms with Crippen LogP contribution in [0.2, 0.25) is 5.02 Å². The van der Waals surface area contributed by atoms with Crippen LogP contribution >= 0.6 is 11.6 Å². The van der Waals surface area contributed by atoms with E-state index in [0.29, 0.717) is 30.2 Å². The number of benzene rings is 3. The van der Waals surface area contributed by atoms with Crippen LogP contribution in [-0.4, -0.2) is 84.3 Å². The Labute approximate surface area is 323 Å². The Hall–Kier alpha value is -6.01. The topological polar surface area (TPSA) is 195 Å². The zero-order chi connectivity index (χ0) is 39.9. The number of ether oxygens (including phenoxy) is 3. The van der Waals surface area contributed by atoms with Gasteiger partial charge in [-0.3, -0.25) is 14.4 Å². The smallest absolute Gasteiger partial charge is 0.422 e. The molecular weight excluding hydrogens is 761 g/mol. The van der Waals surface area contributed by atoms with Crippen LogP contribution in [0.1, 0.15) is 46.0 Å². The molecule has 2 heterocycles. The molecule has 1 fully saturated rings. The largest absolute Gasteiger partial charge is 0.467 e. The van der Waals surface area contributed by atoms with Gasteiger partial charge in [-0.05, 0) is 72.4 Å². The van der Waals surface area contributed by atoms with Crippen LogP contribution < -0.4 is 31.3 Å². The van der Waals surface area contributed by atoms with Crippen molar-refractivity contribution >= 4 is 52.9 Å². The van der Waals surface area contributed by atoms with E-state index in [0.717, 1.165) is 30.2 Å². The molecule has 19 heteroatoms. The monoisotopic (exact) mass is 796 g/mol. The third kappa shape index (κ3) is 10.4. The first-order valence-electron chi connectivity index (χ1n) is 17.3. The predicted molar refractivity (Wildman–Crippen MR) is 195 cm³/mol. The predicted octanol–water partition coefficient (Wildman–Crippen LogP) is 4.13. The number of hydrogen-bond donors (Lipinski definition) is 5. The van der Waals surface area contributed by atoms with Crippen molar-refractivity contribution in [2.45, 2.75) is 43.1 Å². The molecule has 1 unspecified atom stereocenters. The van der Waals surface area contributed by atoms with Crippen LogP contribution in [0.15, 0.2) is 72.8 Å². The highest BCUT2D eigenvalue weighted by Crippen LogP contribution is 2.48. The highest BCUT2D eigenvalue weighted by molar-refractivity contribution is 6.35. The van der Waals surface area contributed by atoms with Gasteiger partial charge in [-0.15, -0.1) is 0 Å². The molecule has 6 rings (SSSR count). The molecule has 0 radical (unpaired) electrons. The number of halogens is 4. The number of carbonyl (C=O) groups excluding carboxylic acids is 4. The van der Waals surface area contributed by atoms with E-state index in [4.69, 9.17) is 25.8 Å². The van der Waals surface area contributed by atoms with E-state index in [-0.39, 0.29) is 24.0 Å². The first-order chi connectivity index (χ1) is 26.8. The van der Waals surface area contributed by atoms with E-state index in [9.17, 15) is 32.3 Å². The Bertz CT molecular complexity index is 2070. The van der Waals surface area contributed by atoms with Crippen molar-refractivity contribution in [2.75, 3.05) is 44.0 Å². The third-order valence-corrected chi connectivity index (χ3v) is 9.14. The number of carbonyl (C=O) groups is 4. The number of rotatable bonds is 14. The van der Waals surface area contributed by atoms with Gasteiger partial charge in [0.1, 0.15) is 12.1 Å². The number of aromatic nitrogens is 3. The fourth-order valence-corrected chi connectivity index (χ4v) is 6.00. The Balaban J connectivity index is 1.06. The lowest BCUT2D eigenvalue weighted by atomic mass is 9.97. The summed E-state index contributed by atoms with van der Waals surface area (Å²) in [4.78, 5) is 63.1. The zero-order valence-corrected chi connectivity index (χ0v) is 30.5. The molecule has 56 heavy (non-hydrogen) atoms. The van der Waals surface area contributed by atoms with Gasteiger partial charge < -0.3 is 40.8 Å². The first kappa shape index (κ1) is 39.7. The molecule has 2 atom stereocenters. The van der Waals surface area contributed by atoms with Crippen molar-refractivity contribution in [3.8, 4) is 6.01 Å². The summed E-state index contributed by atoms with van der Waals surface area (Å²) >= 11 is 6.03. The molecule has 4 aromatic rings. The molecule has 0 spiro atoms. The molecule has 0 bridgehead atoms. The van der Waals surface area contributed by atoms with E-state index in [1.807, 2.05) is 36.4 Å². The second-order valence-corrected chi connectivity index (χ2v) is 13.3. The average Bonchev–Trinajstić information content (AvgIpc) is 3.97. The van der Waals surface area contributed by atoms with Gasteiger partial charge in [0.05, 0.1) is 19.3 Å². The number of hydrogen-bond acceptors (Lipinski definition) is 12. The van der Waals surface area contributed by atoms with Crippen molar-refractivity contribution in [3.05, 3.63) is 100 Å². The Morgan fingerprint density at radius 3 is 2.32 bits per heavy atom. The number of nitrogens with zero attached hydrogens (tertiary/aromatic N) is 3. The Kier molecular flexibility index (Phi) is 12.2. The molecule has 1 aromatic heterocycles. The normalized spacial score (nSPS) is 16.0. The number of alkyl halides is 3. The second kappa shape index (κ2) is 17.2. The van der Waals surface area contributed by atoms with E-state index in [1.165, 1.54) is 24.3 Å². The van der Waals surface area contributed by atoms with Gasteiger partial charge >= 0.3 is 30.0 Å². The zero-order valence-electron chi connectivity index (χ0n) is 29.7. The van der Waals surface area contributed by atoms with Crippen molar-refractivity contribution < 1.29 is 46.6 Å². The molecule has 3 amide bonds. The molecule has 15 nitrogen and oxygen atoms in total. The van der Waals surface area contributed by atoms with Gasteiger partial charge in [-0.25, -0.2) is 4.79 Å². The fraction of sp³-hybridized carbons (Fsp3) is 0.324. The summed E-state index contributed by atoms with van der Waals surface area (Å²) < 4.78 is 54.3. The van der Waals surface area contributed by atoms with Crippen LogP contribution in [-0.2, 0) is 35.8 Å². The quantitative estimate of drug-likeness (QED) is 0.0907. The minimum absolute atomic E-state index is 0.0365. The average molecular weight is 797 g/mol. The van der Waals surface area contributed by atoms with Crippen LogP contribution in [0.4, 0.5) is 30.8 Å². The molecule has 1 aliphatic heterocycles. The molecule has 0 saturated heterocycles. The number of esters is 1. The van der Waals surface area contributed by atoms with Crippen molar-refractivity contribution in [1.29, 1.82) is 0 Å². The van der Waals surface area contributed by atoms with Crippen LogP contribution in [0.3, 0.4) is 0 Å². The summed E-state index contributed by atoms with van der Waals surface area (Å²) in [6.45, 7) is -1.56. The molecule has 5 N–H and O–H groups in total. The number of amides is 3. The molecule has 1 aliphatic carbocycles. The number of nitrogens with one attached hydrogen (secondary N) is 5. The number of fused-ring (bicyclic) bond motifs is 1. The van der Waals surface area contributed by atoms with Gasteiger partial charge in [0.15, 0.2) is 6.61 Å². The summed E-state index contributed by atoms with van der Waals surface area (Å²) in [5.74, 6) is -3.77. The van der Waals surface area contributed by atoms with Crippen molar-refractivity contribution in [1.82, 2.24) is 30.9 Å². The molecular formula is C37H36ClF3N8O7. The van der Waals surface area contributed by atoms with E-state index in [1.54, 1.807) is 12.1 Å². The third-order valence-electron chi connectivity index (χ3n) is 8.89. The first-order valence-corrected chi connectivity index (χ1v) is 17.7. The minimum Gasteiger partial charge on any atom is -0.467 e. The molecule has 3 aromatic carbocycles. The second-order valence-electron chi connectivity index (χ2n) is 12.9. The highest BCUT2D eigenvalue weighted by atomic mass is 35.5. The van der Waals surface area contributed by atoms with E-state index < -0.39 is 66.7 Å². The number of anilines is 3. The number of methoxy groups -OCH3 is 1. The van der Waals surface area contributed by atoms with Crippen molar-refractivity contribution in [2.24, 2.45) is 0 Å². The lowest BCUT2D eigenvalue weighted by Crippen LogP contribution is -2.51. The van der Waals surface area contributed by atoms with Crippen LogP contribution in [0.5, 0.6) is 6.01 Å². The summed E-state index contributed by atoms with van der Waals surface area (Å²) in [6.07, 6.45) is -2.92. The van der Waals surface area contributed by atoms with Gasteiger partial charge in [-0.2, -0.15) is 28.1 Å². The van der Waals surface area contributed by atoms with Gasteiger partial charge in [0.2, 0.25) is 11.9 Å². The summed E-state index contributed by atoms with van der Waals surface area (Å²) in [5.41, 5.74) is 2.77. The van der Waals surface area contributed by atoms with Crippen LogP contribution in [0, 0.1) is 0 Å². The lowest BCUT2D eigenvalue weighted by molar-refractivity contribution is -0.154. The summed E-state index contributed by atoms with van der Waals surface area (Å²) in [7, 11) is 1.10. The van der Waals surface area contributed by atoms with Gasteiger partial charge in [-0.1, -0.05) is 48.0 Å². The van der Waals surface area contributed by atoms with Gasteiger partial charge in [0, 0.05) is 29.4 Å². The van der Waals surface area contributed by atoms with E-state index in [2.05, 4.69) is 41.5 Å². The minimum atomic E-state index is -4.64. The Morgan fingerprint density at radius 1 is 0.929 bits per heavy atom. The summed E-state index contributed by atoms with van der Waals surface area (Å²) in [5, 5.41) is 13.9.